The third-order valence-electron chi connectivity index (χ3n) is 19.4. The summed E-state index contributed by atoms with van der Waals surface area (Å²) in [5.74, 6) is 6.87. The van der Waals surface area contributed by atoms with Gasteiger partial charge in [-0.15, -0.1) is 0 Å². The largest absolute Gasteiger partial charge is 0.310 e. The van der Waals surface area contributed by atoms with E-state index >= 15 is 0 Å². The van der Waals surface area contributed by atoms with E-state index in [-0.39, 0.29) is 16.2 Å². The molecule has 0 heterocycles. The molecule has 2 spiro atoms. The second-order valence-corrected chi connectivity index (χ2v) is 22.1. The Kier molecular flexibility index (Phi) is 6.38. The third-order valence-corrected chi connectivity index (χ3v) is 19.4. The number of fused-ring (bicyclic) bond motifs is 9. The van der Waals surface area contributed by atoms with Gasteiger partial charge in [-0.05, 0) is 215 Å². The fourth-order valence-corrected chi connectivity index (χ4v) is 17.9. The molecule has 296 valence electrons. The standard InChI is InChI=1S/C59H55N/c1-57(2)51-12-6-3-9-45(51)48-18-15-44(33-56(48)57)60(42-16-19-54-49(31-42)46-10-4-7-13-52(46)58(54)38-23-34-21-35(25-38)26-39(58)24-34)43-17-20-55-50(32-43)47-11-5-8-14-53(47)59(55)40-27-36-22-37(29-40)30-41(59)28-36/h3-20,31-41H,21-30H2,1-2H3. The van der Waals surface area contributed by atoms with Gasteiger partial charge in [0.2, 0.25) is 0 Å². The lowest BCUT2D eigenvalue weighted by Crippen LogP contribution is -2.55. The maximum atomic E-state index is 2.65. The van der Waals surface area contributed by atoms with E-state index in [1.165, 1.54) is 126 Å². The predicted molar refractivity (Wildman–Crippen MR) is 245 cm³/mol. The zero-order chi connectivity index (χ0) is 39.3. The van der Waals surface area contributed by atoms with Crippen molar-refractivity contribution in [2.45, 2.75) is 94.3 Å². The number of anilines is 3. The smallest absolute Gasteiger partial charge is 0.0468 e. The minimum Gasteiger partial charge on any atom is -0.310 e. The molecule has 60 heavy (non-hydrogen) atoms. The highest BCUT2D eigenvalue weighted by molar-refractivity contribution is 5.92. The quantitative estimate of drug-likeness (QED) is 0.173. The fraction of sp³-hybridized carbons (Fsp3) is 0.390. The van der Waals surface area contributed by atoms with Gasteiger partial charge in [-0.25, -0.2) is 0 Å². The SMILES string of the molecule is CC1(C)c2ccccc2-c2ccc(N(c3ccc4c(c3)-c3ccccc3C43C4CC5CC(C4)CC3C5)c3ccc4c(c3)-c3ccccc3C43C4CC5CC(C4)CC3C5)cc21. The Balaban J connectivity index is 0.939. The van der Waals surface area contributed by atoms with Gasteiger partial charge in [0, 0.05) is 33.3 Å². The van der Waals surface area contributed by atoms with E-state index in [0.29, 0.717) is 0 Å². The number of nitrogens with zero attached hydrogens (tertiary/aromatic N) is 1. The van der Waals surface area contributed by atoms with Gasteiger partial charge in [-0.3, -0.25) is 0 Å². The van der Waals surface area contributed by atoms with Crippen molar-refractivity contribution in [3.8, 4) is 33.4 Å². The van der Waals surface area contributed by atoms with Gasteiger partial charge in [0.05, 0.1) is 0 Å². The first-order chi connectivity index (χ1) is 29.4. The van der Waals surface area contributed by atoms with Crippen LogP contribution in [0.3, 0.4) is 0 Å². The van der Waals surface area contributed by atoms with Gasteiger partial charge in [-0.2, -0.15) is 0 Å². The molecule has 11 aliphatic rings. The first-order valence-corrected chi connectivity index (χ1v) is 23.9. The number of benzene rings is 6. The molecule has 8 bridgehead atoms. The van der Waals surface area contributed by atoms with Crippen molar-refractivity contribution in [3.05, 3.63) is 161 Å². The van der Waals surface area contributed by atoms with Crippen molar-refractivity contribution >= 4 is 17.1 Å². The Labute approximate surface area is 356 Å². The minimum atomic E-state index is -0.0704. The molecule has 6 aromatic carbocycles. The van der Waals surface area contributed by atoms with Crippen molar-refractivity contribution in [3.63, 3.8) is 0 Å². The fourth-order valence-electron chi connectivity index (χ4n) is 17.9. The van der Waals surface area contributed by atoms with E-state index in [2.05, 4.69) is 146 Å². The van der Waals surface area contributed by atoms with Crippen LogP contribution in [0.1, 0.15) is 111 Å². The van der Waals surface area contributed by atoms with Crippen molar-refractivity contribution in [1.29, 1.82) is 0 Å². The lowest BCUT2D eigenvalue weighted by Gasteiger charge is -2.61. The molecule has 0 aromatic heterocycles. The molecular weight excluding hydrogens is 723 g/mol. The van der Waals surface area contributed by atoms with Gasteiger partial charge < -0.3 is 4.90 Å². The van der Waals surface area contributed by atoms with Crippen LogP contribution in [0.15, 0.2) is 127 Å². The number of hydrogen-bond acceptors (Lipinski definition) is 1. The van der Waals surface area contributed by atoms with Crippen LogP contribution < -0.4 is 4.90 Å². The first kappa shape index (κ1) is 33.8. The van der Waals surface area contributed by atoms with Crippen LogP contribution >= 0.6 is 0 Å². The summed E-state index contributed by atoms with van der Waals surface area (Å²) < 4.78 is 0. The maximum absolute atomic E-state index is 2.65. The monoisotopic (exact) mass is 777 g/mol. The molecule has 0 saturated heterocycles. The molecule has 0 N–H and O–H groups in total. The highest BCUT2D eigenvalue weighted by Crippen LogP contribution is 2.71. The molecule has 6 aromatic rings. The summed E-state index contributed by atoms with van der Waals surface area (Å²) in [6.07, 6.45) is 14.3. The molecule has 1 nitrogen and oxygen atoms in total. The summed E-state index contributed by atoms with van der Waals surface area (Å²) in [5.41, 5.74) is 22.3. The second-order valence-electron chi connectivity index (χ2n) is 22.1. The van der Waals surface area contributed by atoms with Gasteiger partial charge >= 0.3 is 0 Å². The minimum absolute atomic E-state index is 0.0704. The summed E-state index contributed by atoms with van der Waals surface area (Å²) in [4.78, 5) is 2.65. The molecule has 17 rings (SSSR count). The summed E-state index contributed by atoms with van der Waals surface area (Å²) in [6, 6.07) is 51.4. The van der Waals surface area contributed by atoms with Crippen LogP contribution in [-0.4, -0.2) is 0 Å². The highest BCUT2D eigenvalue weighted by atomic mass is 15.1. The Morgan fingerprint density at radius 2 is 0.683 bits per heavy atom. The average molecular weight is 778 g/mol. The Morgan fingerprint density at radius 1 is 0.333 bits per heavy atom. The summed E-state index contributed by atoms with van der Waals surface area (Å²) in [7, 11) is 0. The van der Waals surface area contributed by atoms with E-state index in [9.17, 15) is 0 Å². The lowest BCUT2D eigenvalue weighted by molar-refractivity contribution is -0.0399. The van der Waals surface area contributed by atoms with Crippen molar-refractivity contribution in [2.75, 3.05) is 4.90 Å². The second kappa shape index (κ2) is 11.3. The molecule has 0 radical (unpaired) electrons. The molecule has 11 aliphatic carbocycles. The van der Waals surface area contributed by atoms with Crippen LogP contribution in [0.5, 0.6) is 0 Å². The van der Waals surface area contributed by atoms with E-state index < -0.39 is 0 Å². The van der Waals surface area contributed by atoms with Gasteiger partial charge in [0.15, 0.2) is 0 Å². The van der Waals surface area contributed by atoms with Crippen LogP contribution in [0.4, 0.5) is 17.1 Å². The van der Waals surface area contributed by atoms with E-state index in [0.717, 1.165) is 47.3 Å². The van der Waals surface area contributed by atoms with E-state index in [1.807, 2.05) is 0 Å². The molecule has 0 unspecified atom stereocenters. The normalized spacial score (nSPS) is 34.1. The highest BCUT2D eigenvalue weighted by Gasteiger charge is 2.63. The zero-order valence-corrected chi connectivity index (χ0v) is 35.3. The van der Waals surface area contributed by atoms with E-state index in [4.69, 9.17) is 0 Å². The van der Waals surface area contributed by atoms with Crippen molar-refractivity contribution in [1.82, 2.24) is 0 Å². The topological polar surface area (TPSA) is 3.24 Å². The van der Waals surface area contributed by atoms with E-state index in [1.54, 1.807) is 22.3 Å². The molecule has 1 heteroatoms. The van der Waals surface area contributed by atoms with Crippen molar-refractivity contribution in [2.24, 2.45) is 47.3 Å². The molecule has 8 fully saturated rings. The summed E-state index contributed by atoms with van der Waals surface area (Å²) in [5, 5.41) is 0. The maximum Gasteiger partial charge on any atom is 0.0468 e. The summed E-state index contributed by atoms with van der Waals surface area (Å²) >= 11 is 0. The Bertz CT molecular complexity index is 2650. The van der Waals surface area contributed by atoms with Crippen LogP contribution in [0.25, 0.3) is 33.4 Å². The molecule has 0 amide bonds. The van der Waals surface area contributed by atoms with Gasteiger partial charge in [0.1, 0.15) is 0 Å². The lowest BCUT2D eigenvalue weighted by atomic mass is 9.43. The number of rotatable bonds is 3. The third kappa shape index (κ3) is 3.95. The summed E-state index contributed by atoms with van der Waals surface area (Å²) in [6.45, 7) is 4.86. The van der Waals surface area contributed by atoms with Gasteiger partial charge in [-0.1, -0.05) is 105 Å². The first-order valence-electron chi connectivity index (χ1n) is 23.9. The van der Waals surface area contributed by atoms with Crippen LogP contribution in [0, 0.1) is 47.3 Å². The molecule has 0 atom stereocenters. The Morgan fingerprint density at radius 3 is 1.15 bits per heavy atom. The zero-order valence-electron chi connectivity index (χ0n) is 35.3. The molecule has 0 aliphatic heterocycles. The number of hydrogen-bond donors (Lipinski definition) is 0. The van der Waals surface area contributed by atoms with Gasteiger partial charge in [0.25, 0.3) is 0 Å². The van der Waals surface area contributed by atoms with Crippen LogP contribution in [0.2, 0.25) is 0 Å². The average Bonchev–Trinajstić information content (AvgIpc) is 3.81. The molecule has 8 saturated carbocycles. The Hall–Kier alpha value is -4.88. The van der Waals surface area contributed by atoms with Crippen LogP contribution in [-0.2, 0) is 16.2 Å². The predicted octanol–water partition coefficient (Wildman–Crippen LogP) is 14.9. The van der Waals surface area contributed by atoms with Crippen molar-refractivity contribution < 1.29 is 0 Å². The molecular formula is C59H55N.